The quantitative estimate of drug-likeness (QED) is 0.535. The van der Waals surface area contributed by atoms with E-state index >= 15 is 0 Å². The molecule has 0 bridgehead atoms. The van der Waals surface area contributed by atoms with E-state index in [0.29, 0.717) is 25.9 Å². The van der Waals surface area contributed by atoms with E-state index in [4.69, 9.17) is 0 Å². The van der Waals surface area contributed by atoms with Crippen LogP contribution in [0.4, 0.5) is 20.6 Å². The number of nitrogens with zero attached hydrogens (tertiary/aromatic N) is 3. The summed E-state index contributed by atoms with van der Waals surface area (Å²) < 4.78 is 14.4. The van der Waals surface area contributed by atoms with Crippen LogP contribution in [0.15, 0.2) is 48.5 Å². The van der Waals surface area contributed by atoms with Crippen molar-refractivity contribution in [3.8, 4) is 0 Å². The topological polar surface area (TPSA) is 86.9 Å². The van der Waals surface area contributed by atoms with E-state index in [9.17, 15) is 24.4 Å². The predicted molar refractivity (Wildman–Crippen MR) is 112 cm³/mol. The van der Waals surface area contributed by atoms with Gasteiger partial charge in [0.05, 0.1) is 4.92 Å². The van der Waals surface area contributed by atoms with Gasteiger partial charge < -0.3 is 10.0 Å². The molecule has 8 heteroatoms. The number of carbonyl (C=O) groups is 1. The van der Waals surface area contributed by atoms with Crippen LogP contribution in [0.25, 0.3) is 0 Å². The van der Waals surface area contributed by atoms with Crippen molar-refractivity contribution in [2.45, 2.75) is 38.8 Å². The number of nitro groups is 1. The first-order valence-electron chi connectivity index (χ1n) is 9.94. The number of para-hydroxylation sites is 1. The molecule has 160 valence electrons. The number of nitro benzene ring substituents is 1. The van der Waals surface area contributed by atoms with Gasteiger partial charge in [-0.25, -0.2) is 9.18 Å². The lowest BCUT2D eigenvalue weighted by molar-refractivity contribution is -0.384. The molecule has 7 nitrogen and oxygen atoms in total. The number of benzene rings is 2. The molecule has 1 N–H and O–H groups in total. The van der Waals surface area contributed by atoms with Crippen LogP contribution in [-0.4, -0.2) is 39.7 Å². The Kier molecular flexibility index (Phi) is 6.24. The molecule has 2 aromatic carbocycles. The SMILES string of the molecule is CC(C)(C1CCN(c2c(F)cccc2[N+](=O)[O-])CC1)N(Cc1ccccc1)C(=O)O. The van der Waals surface area contributed by atoms with Crippen molar-refractivity contribution in [3.05, 3.63) is 70.0 Å². The highest BCUT2D eigenvalue weighted by atomic mass is 19.1. The van der Waals surface area contributed by atoms with Crippen LogP contribution in [0.1, 0.15) is 32.3 Å². The van der Waals surface area contributed by atoms with Crippen molar-refractivity contribution >= 4 is 17.5 Å². The molecular formula is C22H26FN3O4. The fourth-order valence-electron chi connectivity index (χ4n) is 4.28. The maximum Gasteiger partial charge on any atom is 0.408 e. The minimum atomic E-state index is -0.990. The molecular weight excluding hydrogens is 389 g/mol. The number of anilines is 1. The average molecular weight is 415 g/mol. The van der Waals surface area contributed by atoms with Crippen molar-refractivity contribution in [1.82, 2.24) is 4.90 Å². The van der Waals surface area contributed by atoms with Gasteiger partial charge in [-0.15, -0.1) is 0 Å². The fourth-order valence-corrected chi connectivity index (χ4v) is 4.28. The first kappa shape index (κ1) is 21.5. The Bertz CT molecular complexity index is 912. The van der Waals surface area contributed by atoms with E-state index < -0.39 is 22.4 Å². The number of halogens is 1. The number of rotatable bonds is 6. The smallest absolute Gasteiger partial charge is 0.408 e. The van der Waals surface area contributed by atoms with Crippen LogP contribution in [0.5, 0.6) is 0 Å². The van der Waals surface area contributed by atoms with Crippen molar-refractivity contribution in [3.63, 3.8) is 0 Å². The zero-order chi connectivity index (χ0) is 21.9. The summed E-state index contributed by atoms with van der Waals surface area (Å²) in [6.45, 7) is 4.96. The number of amides is 1. The van der Waals surface area contributed by atoms with E-state index in [1.165, 1.54) is 23.1 Å². The summed E-state index contributed by atoms with van der Waals surface area (Å²) in [5, 5.41) is 21.2. The highest BCUT2D eigenvalue weighted by molar-refractivity contribution is 5.66. The molecule has 1 fully saturated rings. The first-order chi connectivity index (χ1) is 14.2. The number of hydrogen-bond acceptors (Lipinski definition) is 4. The third-order valence-corrected chi connectivity index (χ3v) is 6.08. The summed E-state index contributed by atoms with van der Waals surface area (Å²) in [7, 11) is 0. The number of hydrogen-bond donors (Lipinski definition) is 1. The Labute approximate surface area is 174 Å². The largest absolute Gasteiger partial charge is 0.465 e. The van der Waals surface area contributed by atoms with Crippen LogP contribution in [-0.2, 0) is 6.54 Å². The molecule has 1 amide bonds. The summed E-state index contributed by atoms with van der Waals surface area (Å²) in [5.41, 5.74) is 0.0315. The molecule has 0 radical (unpaired) electrons. The second-order valence-corrected chi connectivity index (χ2v) is 8.13. The van der Waals surface area contributed by atoms with Gasteiger partial charge in [0, 0.05) is 31.2 Å². The summed E-state index contributed by atoms with van der Waals surface area (Å²) in [6, 6.07) is 13.3. The molecule has 0 aliphatic carbocycles. The Balaban J connectivity index is 1.76. The molecule has 0 atom stereocenters. The molecule has 30 heavy (non-hydrogen) atoms. The van der Waals surface area contributed by atoms with E-state index in [1.807, 2.05) is 44.2 Å². The Hall–Kier alpha value is -3.16. The second-order valence-electron chi connectivity index (χ2n) is 8.13. The van der Waals surface area contributed by atoms with E-state index in [1.54, 1.807) is 4.90 Å². The van der Waals surface area contributed by atoms with Gasteiger partial charge in [-0.05, 0) is 44.2 Å². The summed E-state index contributed by atoms with van der Waals surface area (Å²) >= 11 is 0. The number of piperidine rings is 1. The minimum absolute atomic E-state index is 0.0122. The van der Waals surface area contributed by atoms with Gasteiger partial charge >= 0.3 is 6.09 Å². The highest BCUT2D eigenvalue weighted by Gasteiger charge is 2.40. The van der Waals surface area contributed by atoms with Gasteiger partial charge in [0.15, 0.2) is 11.5 Å². The van der Waals surface area contributed by atoms with Crippen molar-refractivity contribution in [2.24, 2.45) is 5.92 Å². The number of carboxylic acid groups (broad SMARTS) is 1. The predicted octanol–water partition coefficient (Wildman–Crippen LogP) is 4.91. The first-order valence-corrected chi connectivity index (χ1v) is 9.94. The van der Waals surface area contributed by atoms with Crippen molar-refractivity contribution < 1.29 is 19.2 Å². The van der Waals surface area contributed by atoms with Crippen LogP contribution in [0.2, 0.25) is 0 Å². The maximum atomic E-state index is 14.4. The van der Waals surface area contributed by atoms with Gasteiger partial charge in [-0.1, -0.05) is 36.4 Å². The van der Waals surface area contributed by atoms with Gasteiger partial charge in [0.1, 0.15) is 0 Å². The molecule has 1 saturated heterocycles. The molecule has 0 saturated carbocycles. The molecule has 1 aliphatic rings. The normalized spacial score (nSPS) is 15.1. The zero-order valence-electron chi connectivity index (χ0n) is 17.1. The van der Waals surface area contributed by atoms with Gasteiger partial charge in [-0.2, -0.15) is 0 Å². The molecule has 1 heterocycles. The molecule has 0 unspecified atom stereocenters. The van der Waals surface area contributed by atoms with Crippen molar-refractivity contribution in [1.29, 1.82) is 0 Å². The van der Waals surface area contributed by atoms with Crippen molar-refractivity contribution in [2.75, 3.05) is 18.0 Å². The third kappa shape index (κ3) is 4.37. The lowest BCUT2D eigenvalue weighted by atomic mass is 9.79. The molecule has 0 spiro atoms. The van der Waals surface area contributed by atoms with Crippen LogP contribution in [0.3, 0.4) is 0 Å². The lowest BCUT2D eigenvalue weighted by Gasteiger charge is -2.46. The second kappa shape index (κ2) is 8.69. The minimum Gasteiger partial charge on any atom is -0.465 e. The Morgan fingerprint density at radius 2 is 1.83 bits per heavy atom. The molecule has 2 aromatic rings. The van der Waals surface area contributed by atoms with Crippen LogP contribution < -0.4 is 4.90 Å². The van der Waals surface area contributed by atoms with Gasteiger partial charge in [-0.3, -0.25) is 15.0 Å². The standard InChI is InChI=1S/C22H26FN3O4/c1-22(2,25(21(27)28)15-16-7-4-3-5-8-16)17-11-13-24(14-12-17)20-18(23)9-6-10-19(20)26(29)30/h3-10,17H,11-15H2,1-2H3,(H,27,28). The van der Waals surface area contributed by atoms with E-state index in [-0.39, 0.29) is 23.8 Å². The van der Waals surface area contributed by atoms with E-state index in [2.05, 4.69) is 0 Å². The average Bonchev–Trinajstić information content (AvgIpc) is 2.72. The zero-order valence-corrected chi connectivity index (χ0v) is 17.1. The van der Waals surface area contributed by atoms with E-state index in [0.717, 1.165) is 5.56 Å². The molecule has 1 aliphatic heterocycles. The third-order valence-electron chi connectivity index (χ3n) is 6.08. The molecule has 3 rings (SSSR count). The van der Waals surface area contributed by atoms with Crippen LogP contribution in [0, 0.1) is 21.8 Å². The highest BCUT2D eigenvalue weighted by Crippen LogP contribution is 2.38. The van der Waals surface area contributed by atoms with Crippen LogP contribution >= 0.6 is 0 Å². The van der Waals surface area contributed by atoms with Gasteiger partial charge in [0.2, 0.25) is 0 Å². The van der Waals surface area contributed by atoms with Gasteiger partial charge in [0.25, 0.3) is 5.69 Å². The lowest BCUT2D eigenvalue weighted by Crippen LogP contribution is -2.54. The summed E-state index contributed by atoms with van der Waals surface area (Å²) in [5.74, 6) is -0.572. The Morgan fingerprint density at radius 3 is 2.40 bits per heavy atom. The monoisotopic (exact) mass is 415 g/mol. The maximum absolute atomic E-state index is 14.4. The fraction of sp³-hybridized carbons (Fsp3) is 0.409. The summed E-state index contributed by atoms with van der Waals surface area (Å²) in [4.78, 5) is 25.9. The molecule has 0 aromatic heterocycles. The Morgan fingerprint density at radius 1 is 1.20 bits per heavy atom. The summed E-state index contributed by atoms with van der Waals surface area (Å²) in [6.07, 6.45) is 0.227.